The van der Waals surface area contributed by atoms with E-state index in [1.54, 1.807) is 0 Å². The van der Waals surface area contributed by atoms with Crippen molar-refractivity contribution in [2.45, 2.75) is 51.4 Å². The number of likely N-dealkylation sites (N-methyl/N-ethyl adjacent to an activating group) is 1. The van der Waals surface area contributed by atoms with E-state index in [1.165, 1.54) is 19.4 Å². The molecule has 2 fully saturated rings. The van der Waals surface area contributed by atoms with Crippen LogP contribution in [0.1, 0.15) is 33.6 Å². The predicted octanol–water partition coefficient (Wildman–Crippen LogP) is 1.62. The summed E-state index contributed by atoms with van der Waals surface area (Å²) in [7, 11) is 0. The van der Waals surface area contributed by atoms with Gasteiger partial charge in [0.25, 0.3) is 0 Å². The van der Waals surface area contributed by atoms with Crippen LogP contribution in [0.3, 0.4) is 0 Å². The van der Waals surface area contributed by atoms with Gasteiger partial charge in [0.1, 0.15) is 5.72 Å². The summed E-state index contributed by atoms with van der Waals surface area (Å²) in [6.07, 6.45) is 2.58. The third-order valence-corrected chi connectivity index (χ3v) is 3.57. The average molecular weight is 235 g/mol. The fraction of sp³-hybridized carbons (Fsp3) is 1.00. The number of ether oxygens (including phenoxy) is 1. The van der Waals surface area contributed by atoms with Crippen molar-refractivity contribution < 1.29 is 4.74 Å². The van der Waals surface area contributed by atoms with Crippen LogP contribution in [0.25, 0.3) is 0 Å². The molecule has 3 atom stereocenters. The fourth-order valence-corrected chi connectivity index (χ4v) is 2.89. The maximum absolute atomic E-state index is 5.92. The lowest BCUT2D eigenvalue weighted by Gasteiger charge is -2.36. The van der Waals surface area contributed by atoms with Crippen LogP contribution in [0.15, 0.2) is 0 Å². The van der Waals surface area contributed by atoms with Crippen LogP contribution < -0.4 is 5.32 Å². The Kier molecular flexibility index (Phi) is 4.41. The molecule has 2 heterocycles. The molecule has 0 aromatic carbocycles. The molecule has 0 aromatic rings. The number of hydrogen-bond donors (Lipinski definition) is 1. The van der Waals surface area contributed by atoms with Crippen LogP contribution in [0.5, 0.6) is 0 Å². The van der Waals surface area contributed by atoms with Crippen LogP contribution in [-0.2, 0) is 4.74 Å². The first-order valence-corrected chi connectivity index (χ1v) is 5.81. The zero-order valence-electron chi connectivity index (χ0n) is 9.95. The van der Waals surface area contributed by atoms with Gasteiger partial charge in [-0.2, -0.15) is 0 Å². The molecule has 4 heteroatoms. The van der Waals surface area contributed by atoms with E-state index in [0.29, 0.717) is 12.1 Å². The molecule has 2 saturated heterocycles. The van der Waals surface area contributed by atoms with E-state index in [1.807, 2.05) is 0 Å². The number of nitrogens with zero attached hydrogens (tertiary/aromatic N) is 1. The highest BCUT2D eigenvalue weighted by atomic mass is 35.5. The largest absolute Gasteiger partial charge is 0.358 e. The SMILES string of the molecule is CCN1CCCC1C1(C)NC(C)CO1.Cl. The Morgan fingerprint density at radius 2 is 2.27 bits per heavy atom. The third-order valence-electron chi connectivity index (χ3n) is 3.57. The third kappa shape index (κ3) is 2.47. The lowest BCUT2D eigenvalue weighted by atomic mass is 10.0. The molecule has 0 radical (unpaired) electrons. The molecule has 2 aliphatic heterocycles. The number of halogens is 1. The van der Waals surface area contributed by atoms with Gasteiger partial charge in [-0.15, -0.1) is 12.4 Å². The van der Waals surface area contributed by atoms with Crippen molar-refractivity contribution in [3.8, 4) is 0 Å². The maximum atomic E-state index is 5.92. The van der Waals surface area contributed by atoms with Gasteiger partial charge in [-0.3, -0.25) is 10.2 Å². The molecule has 1 N–H and O–H groups in total. The van der Waals surface area contributed by atoms with Crippen molar-refractivity contribution in [1.29, 1.82) is 0 Å². The molecule has 0 saturated carbocycles. The summed E-state index contributed by atoms with van der Waals surface area (Å²) in [5.41, 5.74) is -0.105. The second-order valence-electron chi connectivity index (χ2n) is 4.75. The Morgan fingerprint density at radius 1 is 1.53 bits per heavy atom. The Morgan fingerprint density at radius 3 is 2.80 bits per heavy atom. The molecule has 0 aliphatic carbocycles. The summed E-state index contributed by atoms with van der Waals surface area (Å²) in [5.74, 6) is 0. The fourth-order valence-electron chi connectivity index (χ4n) is 2.89. The molecule has 15 heavy (non-hydrogen) atoms. The first-order chi connectivity index (χ1) is 6.65. The summed E-state index contributed by atoms with van der Waals surface area (Å²) in [4.78, 5) is 2.53. The van der Waals surface area contributed by atoms with Crippen LogP contribution in [-0.4, -0.2) is 42.4 Å². The van der Waals surface area contributed by atoms with Crippen molar-refractivity contribution in [3.63, 3.8) is 0 Å². The van der Waals surface area contributed by atoms with E-state index in [2.05, 4.69) is 31.0 Å². The van der Waals surface area contributed by atoms with Crippen molar-refractivity contribution in [2.24, 2.45) is 0 Å². The van der Waals surface area contributed by atoms with E-state index in [0.717, 1.165) is 13.2 Å². The standard InChI is InChI=1S/C11H22N2O.ClH/c1-4-13-7-5-6-10(13)11(3)12-9(2)8-14-11;/h9-10,12H,4-8H2,1-3H3;1H. The monoisotopic (exact) mass is 234 g/mol. The summed E-state index contributed by atoms with van der Waals surface area (Å²) < 4.78 is 5.92. The van der Waals surface area contributed by atoms with E-state index in [4.69, 9.17) is 4.74 Å². The van der Waals surface area contributed by atoms with E-state index in [9.17, 15) is 0 Å². The van der Waals surface area contributed by atoms with Gasteiger partial charge in [-0.05, 0) is 39.8 Å². The molecule has 3 unspecified atom stereocenters. The van der Waals surface area contributed by atoms with Crippen molar-refractivity contribution in [2.75, 3.05) is 19.7 Å². The van der Waals surface area contributed by atoms with Gasteiger partial charge >= 0.3 is 0 Å². The molecule has 0 spiro atoms. The molecular formula is C11H23ClN2O. The van der Waals surface area contributed by atoms with Crippen molar-refractivity contribution in [3.05, 3.63) is 0 Å². The first kappa shape index (κ1) is 13.2. The van der Waals surface area contributed by atoms with Gasteiger partial charge in [0.05, 0.1) is 12.6 Å². The van der Waals surface area contributed by atoms with E-state index < -0.39 is 0 Å². The quantitative estimate of drug-likeness (QED) is 0.786. The van der Waals surface area contributed by atoms with Gasteiger partial charge in [0.15, 0.2) is 0 Å². The molecule has 2 aliphatic rings. The van der Waals surface area contributed by atoms with E-state index in [-0.39, 0.29) is 18.1 Å². The highest BCUT2D eigenvalue weighted by molar-refractivity contribution is 5.85. The topological polar surface area (TPSA) is 24.5 Å². The second kappa shape index (κ2) is 5.00. The van der Waals surface area contributed by atoms with Crippen LogP contribution >= 0.6 is 12.4 Å². The minimum absolute atomic E-state index is 0. The molecular weight excluding hydrogens is 212 g/mol. The molecule has 0 amide bonds. The smallest absolute Gasteiger partial charge is 0.132 e. The van der Waals surface area contributed by atoms with Crippen molar-refractivity contribution >= 4 is 12.4 Å². The lowest BCUT2D eigenvalue weighted by Crippen LogP contribution is -2.55. The minimum Gasteiger partial charge on any atom is -0.358 e. The van der Waals surface area contributed by atoms with Crippen molar-refractivity contribution in [1.82, 2.24) is 10.2 Å². The van der Waals surface area contributed by atoms with Crippen LogP contribution in [0.4, 0.5) is 0 Å². The van der Waals surface area contributed by atoms with Crippen LogP contribution in [0, 0.1) is 0 Å². The summed E-state index contributed by atoms with van der Waals surface area (Å²) in [6.45, 7) is 9.85. The van der Waals surface area contributed by atoms with Gasteiger partial charge in [-0.1, -0.05) is 6.92 Å². The van der Waals surface area contributed by atoms with E-state index >= 15 is 0 Å². The molecule has 90 valence electrons. The zero-order chi connectivity index (χ0) is 10.2. The molecule has 0 aromatic heterocycles. The maximum Gasteiger partial charge on any atom is 0.132 e. The summed E-state index contributed by atoms with van der Waals surface area (Å²) in [5, 5.41) is 3.57. The molecule has 0 bridgehead atoms. The Hall–Kier alpha value is 0.170. The number of likely N-dealkylation sites (tertiary alicyclic amines) is 1. The minimum atomic E-state index is -0.105. The highest BCUT2D eigenvalue weighted by Gasteiger charge is 2.44. The second-order valence-corrected chi connectivity index (χ2v) is 4.75. The predicted molar refractivity (Wildman–Crippen MR) is 64.5 cm³/mol. The summed E-state index contributed by atoms with van der Waals surface area (Å²) >= 11 is 0. The number of hydrogen-bond acceptors (Lipinski definition) is 3. The average Bonchev–Trinajstić information content (AvgIpc) is 2.73. The Bertz CT molecular complexity index is 215. The van der Waals surface area contributed by atoms with Gasteiger partial charge < -0.3 is 4.74 Å². The van der Waals surface area contributed by atoms with Gasteiger partial charge in [0, 0.05) is 6.04 Å². The summed E-state index contributed by atoms with van der Waals surface area (Å²) in [6, 6.07) is 1.07. The Labute approximate surface area is 99.0 Å². The molecule has 3 nitrogen and oxygen atoms in total. The Balaban J connectivity index is 0.00000112. The van der Waals surface area contributed by atoms with Crippen LogP contribution in [0.2, 0.25) is 0 Å². The zero-order valence-corrected chi connectivity index (χ0v) is 10.8. The highest BCUT2D eigenvalue weighted by Crippen LogP contribution is 2.30. The van der Waals surface area contributed by atoms with Gasteiger partial charge in [-0.25, -0.2) is 0 Å². The number of nitrogens with one attached hydrogen (secondary N) is 1. The normalized spacial score (nSPS) is 41.8. The van der Waals surface area contributed by atoms with Gasteiger partial charge in [0.2, 0.25) is 0 Å². The molecule has 2 rings (SSSR count). The first-order valence-electron chi connectivity index (χ1n) is 5.81. The number of rotatable bonds is 2. The lowest BCUT2D eigenvalue weighted by molar-refractivity contribution is -0.0526.